The van der Waals surface area contributed by atoms with Crippen LogP contribution >= 0.6 is 0 Å². The van der Waals surface area contributed by atoms with Gasteiger partial charge in [-0.3, -0.25) is 9.59 Å². The van der Waals surface area contributed by atoms with Crippen molar-refractivity contribution in [3.8, 4) is 0 Å². The van der Waals surface area contributed by atoms with Crippen LogP contribution < -0.4 is 5.32 Å². The average Bonchev–Trinajstić information content (AvgIpc) is 3.50. The zero-order chi connectivity index (χ0) is 20.6. The summed E-state index contributed by atoms with van der Waals surface area (Å²) in [6.07, 6.45) is 1.54. The number of nitrogens with zero attached hydrogens (tertiary/aromatic N) is 1. The van der Waals surface area contributed by atoms with Crippen molar-refractivity contribution in [2.75, 3.05) is 6.54 Å². The number of carbonyl (C=O) groups excluding carboxylic acids is 2. The van der Waals surface area contributed by atoms with Crippen molar-refractivity contribution in [2.24, 2.45) is 11.3 Å². The molecular weight excluding hydrogens is 360 g/mol. The second kappa shape index (κ2) is 7.66. The Kier molecular flexibility index (Phi) is 5.20. The Balaban J connectivity index is 1.57. The highest BCUT2D eigenvalue weighted by Crippen LogP contribution is 2.49. The molecule has 29 heavy (non-hydrogen) atoms. The van der Waals surface area contributed by atoms with Gasteiger partial charge in [-0.2, -0.15) is 0 Å². The van der Waals surface area contributed by atoms with Gasteiger partial charge in [0, 0.05) is 12.5 Å². The monoisotopic (exact) mass is 390 g/mol. The summed E-state index contributed by atoms with van der Waals surface area (Å²) >= 11 is 0. The molecule has 4 heteroatoms. The van der Waals surface area contributed by atoms with Gasteiger partial charge in [0.05, 0.1) is 6.04 Å². The van der Waals surface area contributed by atoms with E-state index in [0.717, 1.165) is 12.0 Å². The number of hydrogen-bond acceptors (Lipinski definition) is 2. The normalized spacial score (nSPS) is 26.7. The number of nitrogens with one attached hydrogen (secondary N) is 1. The Morgan fingerprint density at radius 1 is 1.00 bits per heavy atom. The molecule has 1 aliphatic heterocycles. The molecule has 1 saturated heterocycles. The van der Waals surface area contributed by atoms with E-state index < -0.39 is 6.04 Å². The van der Waals surface area contributed by atoms with E-state index in [0.29, 0.717) is 13.0 Å². The van der Waals surface area contributed by atoms with Crippen LogP contribution in [0.2, 0.25) is 0 Å². The van der Waals surface area contributed by atoms with E-state index in [9.17, 15) is 9.59 Å². The van der Waals surface area contributed by atoms with Gasteiger partial charge >= 0.3 is 0 Å². The van der Waals surface area contributed by atoms with Crippen molar-refractivity contribution in [3.05, 3.63) is 71.8 Å². The van der Waals surface area contributed by atoms with Crippen LogP contribution in [0.1, 0.15) is 56.7 Å². The molecule has 4 atom stereocenters. The average molecular weight is 391 g/mol. The lowest BCUT2D eigenvalue weighted by Gasteiger charge is -2.42. The number of carbonyl (C=O) groups is 2. The van der Waals surface area contributed by atoms with Crippen LogP contribution in [0.5, 0.6) is 0 Å². The van der Waals surface area contributed by atoms with Crippen LogP contribution in [-0.4, -0.2) is 29.3 Å². The second-order valence-corrected chi connectivity index (χ2v) is 9.60. The molecule has 2 amide bonds. The highest BCUT2D eigenvalue weighted by atomic mass is 16.2. The van der Waals surface area contributed by atoms with Gasteiger partial charge in [0.25, 0.3) is 0 Å². The first-order chi connectivity index (χ1) is 13.8. The predicted octanol–water partition coefficient (Wildman–Crippen LogP) is 4.29. The quantitative estimate of drug-likeness (QED) is 0.846. The second-order valence-electron chi connectivity index (χ2n) is 9.60. The summed E-state index contributed by atoms with van der Waals surface area (Å²) < 4.78 is 0. The van der Waals surface area contributed by atoms with Crippen molar-refractivity contribution >= 4 is 11.8 Å². The first-order valence-corrected chi connectivity index (χ1v) is 10.5. The summed E-state index contributed by atoms with van der Waals surface area (Å²) in [5, 5.41) is 3.16. The molecule has 1 saturated carbocycles. The fourth-order valence-electron chi connectivity index (χ4n) is 4.43. The molecule has 4 rings (SSSR count). The zero-order valence-corrected chi connectivity index (χ0v) is 17.5. The Morgan fingerprint density at radius 3 is 2.17 bits per heavy atom. The van der Waals surface area contributed by atoms with Crippen LogP contribution in [0.3, 0.4) is 0 Å². The lowest BCUT2D eigenvalue weighted by Crippen LogP contribution is -2.59. The van der Waals surface area contributed by atoms with E-state index in [1.807, 2.05) is 53.4 Å². The minimum atomic E-state index is -0.403. The standard InChI is InChI=1S/C25H30N2O2/c1-25(2,3)15-22-23(28)26-21(18-12-8-5-9-13-18)16-27(22)24(29)20-14-19(20)17-10-6-4-7-11-17/h4-13,19-22H,14-16H2,1-3H3,(H,26,28)/t19-,20+,21+,22-/m0/s1. The fraction of sp³-hybridized carbons (Fsp3) is 0.440. The molecule has 2 aromatic carbocycles. The lowest BCUT2D eigenvalue weighted by atomic mass is 9.85. The Morgan fingerprint density at radius 2 is 1.59 bits per heavy atom. The van der Waals surface area contributed by atoms with Gasteiger partial charge in [-0.25, -0.2) is 0 Å². The summed E-state index contributed by atoms with van der Waals surface area (Å²) in [6, 6.07) is 19.6. The number of benzene rings is 2. The molecule has 4 nitrogen and oxygen atoms in total. The SMILES string of the molecule is CC(C)(C)C[C@H]1C(=O)N[C@@H](c2ccccc2)CN1C(=O)[C@@H]1C[C@H]1c1ccccc1. The molecule has 2 fully saturated rings. The Bertz CT molecular complexity index is 873. The van der Waals surface area contributed by atoms with Crippen molar-refractivity contribution in [1.82, 2.24) is 10.2 Å². The molecule has 1 heterocycles. The fourth-order valence-corrected chi connectivity index (χ4v) is 4.43. The smallest absolute Gasteiger partial charge is 0.243 e. The number of piperazine rings is 1. The van der Waals surface area contributed by atoms with Crippen LogP contribution in [0.25, 0.3) is 0 Å². The minimum absolute atomic E-state index is 0.0119. The molecule has 0 aromatic heterocycles. The van der Waals surface area contributed by atoms with Gasteiger partial charge in [0.2, 0.25) is 11.8 Å². The maximum Gasteiger partial charge on any atom is 0.243 e. The summed E-state index contributed by atoms with van der Waals surface area (Å²) in [6.45, 7) is 6.90. The van der Waals surface area contributed by atoms with E-state index in [1.54, 1.807) is 0 Å². The summed E-state index contributed by atoms with van der Waals surface area (Å²) in [4.78, 5) is 28.4. The maximum atomic E-state index is 13.5. The lowest BCUT2D eigenvalue weighted by molar-refractivity contribution is -0.147. The molecule has 1 aliphatic carbocycles. The van der Waals surface area contributed by atoms with Crippen molar-refractivity contribution in [1.29, 1.82) is 0 Å². The molecule has 2 aliphatic rings. The Labute approximate surface area is 173 Å². The third-order valence-electron chi connectivity index (χ3n) is 6.00. The van der Waals surface area contributed by atoms with E-state index in [1.165, 1.54) is 5.56 Å². The van der Waals surface area contributed by atoms with Crippen LogP contribution in [0.4, 0.5) is 0 Å². The molecule has 2 aromatic rings. The summed E-state index contributed by atoms with van der Waals surface area (Å²) in [5.74, 6) is 0.357. The number of rotatable bonds is 4. The van der Waals surface area contributed by atoms with Crippen LogP contribution in [0.15, 0.2) is 60.7 Å². The van der Waals surface area contributed by atoms with Gasteiger partial charge < -0.3 is 10.2 Å². The van der Waals surface area contributed by atoms with Crippen molar-refractivity contribution < 1.29 is 9.59 Å². The van der Waals surface area contributed by atoms with E-state index in [-0.39, 0.29) is 35.1 Å². The minimum Gasteiger partial charge on any atom is -0.346 e. The predicted molar refractivity (Wildman–Crippen MR) is 114 cm³/mol. The first-order valence-electron chi connectivity index (χ1n) is 10.5. The molecule has 0 radical (unpaired) electrons. The first kappa shape index (κ1) is 19.7. The van der Waals surface area contributed by atoms with Gasteiger partial charge in [-0.1, -0.05) is 81.4 Å². The molecule has 0 spiro atoms. The van der Waals surface area contributed by atoms with Gasteiger partial charge in [0.15, 0.2) is 0 Å². The third kappa shape index (κ3) is 4.36. The topological polar surface area (TPSA) is 49.4 Å². The summed E-state index contributed by atoms with van der Waals surface area (Å²) in [7, 11) is 0. The van der Waals surface area contributed by atoms with E-state index in [2.05, 4.69) is 38.2 Å². The maximum absolute atomic E-state index is 13.5. The highest BCUT2D eigenvalue weighted by molar-refractivity contribution is 5.91. The third-order valence-corrected chi connectivity index (χ3v) is 6.00. The number of hydrogen-bond donors (Lipinski definition) is 1. The molecule has 1 N–H and O–H groups in total. The molecule has 0 unspecified atom stereocenters. The number of amides is 2. The van der Waals surface area contributed by atoms with Crippen LogP contribution in [-0.2, 0) is 9.59 Å². The molecule has 152 valence electrons. The largest absolute Gasteiger partial charge is 0.346 e. The van der Waals surface area contributed by atoms with Crippen LogP contribution in [0, 0.1) is 11.3 Å². The van der Waals surface area contributed by atoms with E-state index in [4.69, 9.17) is 0 Å². The van der Waals surface area contributed by atoms with Gasteiger partial charge in [-0.15, -0.1) is 0 Å². The van der Waals surface area contributed by atoms with Gasteiger partial charge in [-0.05, 0) is 35.3 Å². The molecule has 0 bridgehead atoms. The van der Waals surface area contributed by atoms with Crippen molar-refractivity contribution in [2.45, 2.75) is 51.6 Å². The molecular formula is C25H30N2O2. The highest BCUT2D eigenvalue weighted by Gasteiger charge is 2.49. The zero-order valence-electron chi connectivity index (χ0n) is 17.5. The van der Waals surface area contributed by atoms with E-state index >= 15 is 0 Å². The van der Waals surface area contributed by atoms with Gasteiger partial charge in [0.1, 0.15) is 6.04 Å². The summed E-state index contributed by atoms with van der Waals surface area (Å²) in [5.41, 5.74) is 2.23. The Hall–Kier alpha value is -2.62. The van der Waals surface area contributed by atoms with Crippen molar-refractivity contribution in [3.63, 3.8) is 0 Å².